The van der Waals surface area contributed by atoms with Gasteiger partial charge >= 0.3 is 0 Å². The first-order valence-electron chi connectivity index (χ1n) is 9.37. The van der Waals surface area contributed by atoms with E-state index in [9.17, 15) is 9.90 Å². The first-order chi connectivity index (χ1) is 13.4. The molecule has 0 fully saturated rings. The van der Waals surface area contributed by atoms with Crippen LogP contribution >= 0.6 is 0 Å². The van der Waals surface area contributed by atoms with Crippen molar-refractivity contribution in [3.8, 4) is 17.0 Å². The summed E-state index contributed by atoms with van der Waals surface area (Å²) >= 11 is 0. The molecular formula is C23H23N3O2. The zero-order chi connectivity index (χ0) is 20.0. The number of nitrogens with one attached hydrogen (secondary N) is 1. The summed E-state index contributed by atoms with van der Waals surface area (Å²) in [6.07, 6.45) is 0. The molecule has 142 valence electrons. The van der Waals surface area contributed by atoms with Crippen LogP contribution in [0, 0.1) is 13.8 Å². The van der Waals surface area contributed by atoms with E-state index < -0.39 is 0 Å². The molecule has 28 heavy (non-hydrogen) atoms. The molecule has 0 aliphatic heterocycles. The molecular weight excluding hydrogens is 350 g/mol. The molecule has 0 spiro atoms. The van der Waals surface area contributed by atoms with Crippen LogP contribution in [0.15, 0.2) is 47.3 Å². The van der Waals surface area contributed by atoms with Crippen molar-refractivity contribution in [3.05, 3.63) is 69.6 Å². The predicted molar refractivity (Wildman–Crippen MR) is 114 cm³/mol. The van der Waals surface area contributed by atoms with E-state index in [0.29, 0.717) is 28.7 Å². The Morgan fingerprint density at radius 3 is 2.50 bits per heavy atom. The molecule has 0 amide bonds. The predicted octanol–water partition coefficient (Wildman–Crippen LogP) is 4.13. The van der Waals surface area contributed by atoms with Crippen LogP contribution < -0.4 is 11.3 Å². The Balaban J connectivity index is 2.12. The van der Waals surface area contributed by atoms with Gasteiger partial charge in [0.2, 0.25) is 5.88 Å². The van der Waals surface area contributed by atoms with Gasteiger partial charge in [0.15, 0.2) is 0 Å². The van der Waals surface area contributed by atoms with E-state index >= 15 is 0 Å². The third-order valence-corrected chi connectivity index (χ3v) is 5.49. The number of nitrogens with zero attached hydrogens (tertiary/aromatic N) is 1. The number of aryl methyl sites for hydroxylation is 2. The lowest BCUT2D eigenvalue weighted by molar-refractivity contribution is 0.455. The normalized spacial score (nSPS) is 12.6. The molecule has 2 heterocycles. The van der Waals surface area contributed by atoms with Gasteiger partial charge in [-0.3, -0.25) is 4.79 Å². The van der Waals surface area contributed by atoms with E-state index in [1.54, 1.807) is 6.92 Å². The molecule has 1 unspecified atom stereocenters. The zero-order valence-corrected chi connectivity index (χ0v) is 16.2. The molecule has 0 aliphatic carbocycles. The Labute approximate surface area is 162 Å². The molecule has 0 aliphatic rings. The smallest absolute Gasteiger partial charge is 0.256 e. The second-order valence-corrected chi connectivity index (χ2v) is 7.36. The highest BCUT2D eigenvalue weighted by molar-refractivity contribution is 6.14. The largest absolute Gasteiger partial charge is 0.493 e. The highest BCUT2D eigenvalue weighted by Crippen LogP contribution is 2.39. The summed E-state index contributed by atoms with van der Waals surface area (Å²) in [4.78, 5) is 20.0. The molecule has 0 saturated carbocycles. The average Bonchev–Trinajstić information content (AvgIpc) is 2.68. The lowest BCUT2D eigenvalue weighted by atomic mass is 9.93. The van der Waals surface area contributed by atoms with Crippen LogP contribution in [0.5, 0.6) is 5.88 Å². The van der Waals surface area contributed by atoms with Crippen LogP contribution in [0.25, 0.3) is 32.8 Å². The standard InChI is InChI=1S/C23H23N3O2/c1-12-5-4-6-17-18(12)22(27)26-21-14(3)25-23(28)19(20(17)21)16-9-7-15(8-10-16)13(2)11-24/h4-10,13H,11,24H2,1-3H3,(H,25,28)(H,26,27). The highest BCUT2D eigenvalue weighted by Gasteiger charge is 2.18. The number of rotatable bonds is 3. The van der Waals surface area contributed by atoms with Crippen LogP contribution in [-0.2, 0) is 0 Å². The number of benzene rings is 2. The van der Waals surface area contributed by atoms with Crippen molar-refractivity contribution >= 4 is 21.7 Å². The Morgan fingerprint density at radius 1 is 1.11 bits per heavy atom. The first-order valence-corrected chi connectivity index (χ1v) is 9.37. The van der Waals surface area contributed by atoms with E-state index in [-0.39, 0.29) is 17.4 Å². The number of fused-ring (bicyclic) bond motifs is 3. The van der Waals surface area contributed by atoms with Crippen LogP contribution in [0.4, 0.5) is 0 Å². The van der Waals surface area contributed by atoms with E-state index in [2.05, 4.69) is 16.9 Å². The molecule has 1 atom stereocenters. The number of aromatic nitrogens is 2. The summed E-state index contributed by atoms with van der Waals surface area (Å²) in [7, 11) is 0. The van der Waals surface area contributed by atoms with Gasteiger partial charge < -0.3 is 15.8 Å². The molecule has 4 N–H and O–H groups in total. The molecule has 5 nitrogen and oxygen atoms in total. The Hall–Kier alpha value is -3.18. The second kappa shape index (κ2) is 6.77. The van der Waals surface area contributed by atoms with Gasteiger partial charge in [-0.25, -0.2) is 4.98 Å². The van der Waals surface area contributed by atoms with Crippen LogP contribution in [-0.4, -0.2) is 21.6 Å². The van der Waals surface area contributed by atoms with Gasteiger partial charge in [0.1, 0.15) is 0 Å². The molecule has 5 heteroatoms. The van der Waals surface area contributed by atoms with E-state index in [4.69, 9.17) is 5.73 Å². The van der Waals surface area contributed by atoms with Gasteiger partial charge in [0, 0.05) is 5.39 Å². The van der Waals surface area contributed by atoms with Crippen molar-refractivity contribution in [1.82, 2.24) is 9.97 Å². The highest BCUT2D eigenvalue weighted by atomic mass is 16.3. The Bertz CT molecular complexity index is 1260. The monoisotopic (exact) mass is 373 g/mol. The molecule has 4 rings (SSSR count). The van der Waals surface area contributed by atoms with Crippen molar-refractivity contribution in [2.24, 2.45) is 5.73 Å². The summed E-state index contributed by atoms with van der Waals surface area (Å²) in [5, 5.41) is 13.0. The number of aromatic hydroxyl groups is 1. The lowest BCUT2D eigenvalue weighted by Gasteiger charge is -2.15. The average molecular weight is 373 g/mol. The zero-order valence-electron chi connectivity index (χ0n) is 16.2. The fourth-order valence-corrected chi connectivity index (χ4v) is 3.85. The molecule has 2 aromatic carbocycles. The third kappa shape index (κ3) is 2.75. The number of aromatic amines is 1. The number of hydrogen-bond donors (Lipinski definition) is 3. The maximum Gasteiger partial charge on any atom is 0.256 e. The number of pyridine rings is 2. The van der Waals surface area contributed by atoms with Crippen molar-refractivity contribution in [2.75, 3.05) is 6.54 Å². The first kappa shape index (κ1) is 18.2. The molecule has 2 aromatic heterocycles. The number of hydrogen-bond acceptors (Lipinski definition) is 4. The molecule has 0 bridgehead atoms. The van der Waals surface area contributed by atoms with Crippen molar-refractivity contribution in [2.45, 2.75) is 26.7 Å². The summed E-state index contributed by atoms with van der Waals surface area (Å²) in [6.45, 7) is 6.36. The SMILES string of the molecule is Cc1nc(O)c(-c2ccc(C(C)CN)cc2)c2c1[nH]c(=O)c1c(C)cccc12. The van der Waals surface area contributed by atoms with E-state index in [1.807, 2.05) is 49.4 Å². The topological polar surface area (TPSA) is 92.0 Å². The van der Waals surface area contributed by atoms with Crippen molar-refractivity contribution in [3.63, 3.8) is 0 Å². The van der Waals surface area contributed by atoms with E-state index in [0.717, 1.165) is 27.5 Å². The third-order valence-electron chi connectivity index (χ3n) is 5.49. The van der Waals surface area contributed by atoms with Gasteiger partial charge in [-0.15, -0.1) is 0 Å². The molecule has 0 saturated heterocycles. The van der Waals surface area contributed by atoms with Gasteiger partial charge in [0.25, 0.3) is 5.56 Å². The fraction of sp³-hybridized carbons (Fsp3) is 0.217. The molecule has 0 radical (unpaired) electrons. The summed E-state index contributed by atoms with van der Waals surface area (Å²) in [5.74, 6) is 0.217. The van der Waals surface area contributed by atoms with Gasteiger partial charge in [-0.05, 0) is 48.4 Å². The minimum Gasteiger partial charge on any atom is -0.493 e. The van der Waals surface area contributed by atoms with Crippen LogP contribution in [0.1, 0.15) is 29.7 Å². The van der Waals surface area contributed by atoms with Crippen molar-refractivity contribution < 1.29 is 5.11 Å². The van der Waals surface area contributed by atoms with Gasteiger partial charge in [-0.2, -0.15) is 0 Å². The molecule has 4 aromatic rings. The van der Waals surface area contributed by atoms with E-state index in [1.165, 1.54) is 0 Å². The Morgan fingerprint density at radius 2 is 1.82 bits per heavy atom. The maximum atomic E-state index is 12.7. The number of H-pyrrole nitrogens is 1. The quantitative estimate of drug-likeness (QED) is 0.471. The summed E-state index contributed by atoms with van der Waals surface area (Å²) < 4.78 is 0. The minimum absolute atomic E-state index is 0.0421. The fourth-order valence-electron chi connectivity index (χ4n) is 3.85. The number of nitrogens with two attached hydrogens (primary N) is 1. The minimum atomic E-state index is -0.144. The van der Waals surface area contributed by atoms with Crippen LogP contribution in [0.3, 0.4) is 0 Å². The van der Waals surface area contributed by atoms with Gasteiger partial charge in [-0.1, -0.05) is 49.4 Å². The summed E-state index contributed by atoms with van der Waals surface area (Å²) in [6, 6.07) is 13.8. The van der Waals surface area contributed by atoms with Gasteiger partial charge in [0.05, 0.1) is 22.2 Å². The summed E-state index contributed by atoms with van der Waals surface area (Å²) in [5.41, 5.74) is 10.4. The van der Waals surface area contributed by atoms with Crippen LogP contribution in [0.2, 0.25) is 0 Å². The lowest BCUT2D eigenvalue weighted by Crippen LogP contribution is -2.10. The second-order valence-electron chi connectivity index (χ2n) is 7.36. The maximum absolute atomic E-state index is 12.7. The Kier molecular flexibility index (Phi) is 4.40. The van der Waals surface area contributed by atoms with Crippen molar-refractivity contribution in [1.29, 1.82) is 0 Å².